The van der Waals surface area contributed by atoms with E-state index in [4.69, 9.17) is 0 Å². The van der Waals surface area contributed by atoms with Crippen molar-refractivity contribution in [3.8, 4) is 0 Å². The molecule has 4 rings (SSSR count). The highest BCUT2D eigenvalue weighted by Crippen LogP contribution is 2.32. The summed E-state index contributed by atoms with van der Waals surface area (Å²) in [6.07, 6.45) is 8.91. The van der Waals surface area contributed by atoms with Crippen molar-refractivity contribution in [2.24, 2.45) is 5.92 Å². The SMILES string of the molecule is OC1CC(C(Cc2ccncc2)NC2CCN(c3ccccc3)CC2)C1. The van der Waals surface area contributed by atoms with E-state index in [-0.39, 0.29) is 6.10 Å². The largest absolute Gasteiger partial charge is 0.393 e. The fraction of sp³-hybridized carbons (Fsp3) is 0.500. The van der Waals surface area contributed by atoms with Gasteiger partial charge in [0.25, 0.3) is 0 Å². The molecule has 1 aromatic heterocycles. The van der Waals surface area contributed by atoms with Gasteiger partial charge in [0.15, 0.2) is 0 Å². The van der Waals surface area contributed by atoms with E-state index in [1.165, 1.54) is 24.1 Å². The van der Waals surface area contributed by atoms with Crippen LogP contribution in [0.3, 0.4) is 0 Å². The van der Waals surface area contributed by atoms with Crippen LogP contribution < -0.4 is 10.2 Å². The standard InChI is InChI=1S/C22H29N3O/c26-21-15-18(16-21)22(14-17-6-10-23-11-7-17)24-19-8-12-25(13-9-19)20-4-2-1-3-5-20/h1-7,10-11,18-19,21-22,24,26H,8-9,12-16H2. The van der Waals surface area contributed by atoms with Gasteiger partial charge in [0.2, 0.25) is 0 Å². The van der Waals surface area contributed by atoms with Crippen molar-refractivity contribution in [2.45, 2.75) is 50.3 Å². The first-order valence-corrected chi connectivity index (χ1v) is 9.91. The number of benzene rings is 1. The summed E-state index contributed by atoms with van der Waals surface area (Å²) in [5.41, 5.74) is 2.67. The molecule has 2 fully saturated rings. The number of para-hydroxylation sites is 1. The maximum Gasteiger partial charge on any atom is 0.0546 e. The zero-order chi connectivity index (χ0) is 17.8. The number of pyridine rings is 1. The number of rotatable bonds is 6. The number of piperidine rings is 1. The van der Waals surface area contributed by atoms with Crippen LogP contribution in [0.2, 0.25) is 0 Å². The zero-order valence-corrected chi connectivity index (χ0v) is 15.3. The fourth-order valence-corrected chi connectivity index (χ4v) is 4.34. The van der Waals surface area contributed by atoms with E-state index < -0.39 is 0 Å². The Labute approximate surface area is 156 Å². The van der Waals surface area contributed by atoms with Crippen molar-refractivity contribution in [1.29, 1.82) is 0 Å². The Hall–Kier alpha value is -1.91. The maximum absolute atomic E-state index is 9.76. The first kappa shape index (κ1) is 17.5. The average molecular weight is 351 g/mol. The van der Waals surface area contributed by atoms with Crippen LogP contribution in [-0.4, -0.2) is 41.4 Å². The lowest BCUT2D eigenvalue weighted by Gasteiger charge is -2.42. The summed E-state index contributed by atoms with van der Waals surface area (Å²) in [7, 11) is 0. The number of hydrogen-bond donors (Lipinski definition) is 2. The Balaban J connectivity index is 1.34. The van der Waals surface area contributed by atoms with Crippen LogP contribution in [0.4, 0.5) is 5.69 Å². The van der Waals surface area contributed by atoms with Gasteiger partial charge in [-0.1, -0.05) is 18.2 Å². The van der Waals surface area contributed by atoms with Crippen molar-refractivity contribution in [3.05, 3.63) is 60.4 Å². The van der Waals surface area contributed by atoms with Gasteiger partial charge in [0, 0.05) is 43.3 Å². The molecule has 1 saturated heterocycles. The molecule has 2 aromatic rings. The minimum atomic E-state index is -0.0957. The molecule has 1 saturated carbocycles. The van der Waals surface area contributed by atoms with Gasteiger partial charge in [-0.05, 0) is 67.9 Å². The van der Waals surface area contributed by atoms with Gasteiger partial charge in [0.1, 0.15) is 0 Å². The zero-order valence-electron chi connectivity index (χ0n) is 15.3. The number of anilines is 1. The average Bonchev–Trinajstić information content (AvgIpc) is 2.67. The summed E-state index contributed by atoms with van der Waals surface area (Å²) in [5, 5.41) is 13.7. The van der Waals surface area contributed by atoms with E-state index in [1.54, 1.807) is 0 Å². The second kappa shape index (κ2) is 8.19. The number of aliphatic hydroxyl groups is 1. The van der Waals surface area contributed by atoms with E-state index in [0.29, 0.717) is 18.0 Å². The molecule has 1 aliphatic heterocycles. The summed E-state index contributed by atoms with van der Waals surface area (Å²) in [5.74, 6) is 0.588. The molecule has 0 bridgehead atoms. The van der Waals surface area contributed by atoms with Crippen LogP contribution in [0.1, 0.15) is 31.2 Å². The molecule has 1 aromatic carbocycles. The highest BCUT2D eigenvalue weighted by Gasteiger charge is 2.35. The summed E-state index contributed by atoms with van der Waals surface area (Å²) in [4.78, 5) is 6.62. The summed E-state index contributed by atoms with van der Waals surface area (Å²) >= 11 is 0. The van der Waals surface area contributed by atoms with Crippen molar-refractivity contribution in [3.63, 3.8) is 0 Å². The molecule has 2 aliphatic rings. The number of nitrogens with one attached hydrogen (secondary N) is 1. The quantitative estimate of drug-likeness (QED) is 0.840. The van der Waals surface area contributed by atoms with Crippen LogP contribution in [-0.2, 0) is 6.42 Å². The van der Waals surface area contributed by atoms with Gasteiger partial charge in [-0.25, -0.2) is 0 Å². The molecule has 0 spiro atoms. The van der Waals surface area contributed by atoms with Crippen molar-refractivity contribution in [1.82, 2.24) is 10.3 Å². The molecule has 1 unspecified atom stereocenters. The van der Waals surface area contributed by atoms with E-state index in [0.717, 1.165) is 32.4 Å². The van der Waals surface area contributed by atoms with Gasteiger partial charge in [0.05, 0.1) is 6.10 Å². The Morgan fingerprint density at radius 3 is 2.38 bits per heavy atom. The molecule has 0 amide bonds. The second-order valence-electron chi connectivity index (χ2n) is 7.81. The van der Waals surface area contributed by atoms with Crippen molar-refractivity contribution >= 4 is 5.69 Å². The predicted octanol–water partition coefficient (Wildman–Crippen LogP) is 3.02. The lowest BCUT2D eigenvalue weighted by molar-refractivity contribution is 0.0216. The normalized spacial score (nSPS) is 24.9. The van der Waals surface area contributed by atoms with Crippen molar-refractivity contribution in [2.75, 3.05) is 18.0 Å². The number of hydrogen-bond acceptors (Lipinski definition) is 4. The predicted molar refractivity (Wildman–Crippen MR) is 105 cm³/mol. The Bertz CT molecular complexity index is 664. The van der Waals surface area contributed by atoms with E-state index in [9.17, 15) is 5.11 Å². The third-order valence-corrected chi connectivity index (χ3v) is 5.99. The molecule has 4 heteroatoms. The summed E-state index contributed by atoms with van der Waals surface area (Å²) in [6.45, 7) is 2.22. The van der Waals surface area contributed by atoms with E-state index in [2.05, 4.69) is 57.7 Å². The third-order valence-electron chi connectivity index (χ3n) is 5.99. The molecule has 2 heterocycles. The lowest BCUT2D eigenvalue weighted by Crippen LogP contribution is -2.52. The highest BCUT2D eigenvalue weighted by atomic mass is 16.3. The Kier molecular flexibility index (Phi) is 5.51. The molecular formula is C22H29N3O. The smallest absolute Gasteiger partial charge is 0.0546 e. The molecule has 4 nitrogen and oxygen atoms in total. The van der Waals surface area contributed by atoms with Crippen molar-refractivity contribution < 1.29 is 5.11 Å². The summed E-state index contributed by atoms with van der Waals surface area (Å²) < 4.78 is 0. The lowest BCUT2D eigenvalue weighted by atomic mass is 9.75. The fourth-order valence-electron chi connectivity index (χ4n) is 4.34. The molecular weight excluding hydrogens is 322 g/mol. The maximum atomic E-state index is 9.76. The molecule has 26 heavy (non-hydrogen) atoms. The molecule has 0 radical (unpaired) electrons. The summed E-state index contributed by atoms with van der Waals surface area (Å²) in [6, 6.07) is 16.0. The highest BCUT2D eigenvalue weighted by molar-refractivity contribution is 5.46. The Morgan fingerprint density at radius 1 is 1.04 bits per heavy atom. The minimum absolute atomic E-state index is 0.0957. The van der Waals surface area contributed by atoms with Crippen LogP contribution in [0, 0.1) is 5.92 Å². The van der Waals surface area contributed by atoms with E-state index >= 15 is 0 Å². The van der Waals surface area contributed by atoms with Crippen LogP contribution >= 0.6 is 0 Å². The monoisotopic (exact) mass is 351 g/mol. The molecule has 138 valence electrons. The first-order valence-electron chi connectivity index (χ1n) is 9.91. The van der Waals surface area contributed by atoms with Gasteiger partial charge in [-0.3, -0.25) is 4.98 Å². The number of nitrogens with zero attached hydrogens (tertiary/aromatic N) is 2. The molecule has 1 atom stereocenters. The number of aliphatic hydroxyl groups excluding tert-OH is 1. The van der Waals surface area contributed by atoms with Crippen LogP contribution in [0.5, 0.6) is 0 Å². The second-order valence-corrected chi connectivity index (χ2v) is 7.81. The van der Waals surface area contributed by atoms with Gasteiger partial charge in [-0.15, -0.1) is 0 Å². The van der Waals surface area contributed by atoms with Gasteiger partial charge >= 0.3 is 0 Å². The first-order chi connectivity index (χ1) is 12.8. The molecule has 1 aliphatic carbocycles. The third kappa shape index (κ3) is 4.25. The minimum Gasteiger partial charge on any atom is -0.393 e. The van der Waals surface area contributed by atoms with E-state index in [1.807, 2.05) is 12.4 Å². The topological polar surface area (TPSA) is 48.4 Å². The van der Waals surface area contributed by atoms with Crippen LogP contribution in [0.15, 0.2) is 54.9 Å². The molecule has 2 N–H and O–H groups in total. The van der Waals surface area contributed by atoms with Gasteiger partial charge in [-0.2, -0.15) is 0 Å². The number of aromatic nitrogens is 1. The Morgan fingerprint density at radius 2 is 1.73 bits per heavy atom. The van der Waals surface area contributed by atoms with Crippen LogP contribution in [0.25, 0.3) is 0 Å². The van der Waals surface area contributed by atoms with Gasteiger partial charge < -0.3 is 15.3 Å².